The third kappa shape index (κ3) is 2.31. The lowest BCUT2D eigenvalue weighted by Crippen LogP contribution is -2.36. The van der Waals surface area contributed by atoms with Crippen molar-refractivity contribution < 1.29 is 12.9 Å². The third-order valence-electron chi connectivity index (χ3n) is 2.45. The van der Waals surface area contributed by atoms with E-state index in [0.717, 1.165) is 0 Å². The number of hydrogen-bond donors (Lipinski definition) is 0. The Bertz CT molecular complexity index is 450. The Labute approximate surface area is 104 Å². The van der Waals surface area contributed by atoms with Crippen molar-refractivity contribution in [2.24, 2.45) is 0 Å². The van der Waals surface area contributed by atoms with Crippen LogP contribution in [-0.2, 0) is 10.0 Å². The quantitative estimate of drug-likeness (QED) is 0.794. The van der Waals surface area contributed by atoms with Gasteiger partial charge in [0, 0.05) is 18.4 Å². The van der Waals surface area contributed by atoms with Crippen molar-refractivity contribution >= 4 is 26.0 Å². The van der Waals surface area contributed by atoms with E-state index in [1.165, 1.54) is 4.31 Å². The molecular formula is C9H15BrN2O3S. The van der Waals surface area contributed by atoms with E-state index in [2.05, 4.69) is 21.1 Å². The van der Waals surface area contributed by atoms with Crippen molar-refractivity contribution in [2.75, 3.05) is 12.4 Å². The molecule has 1 atom stereocenters. The van der Waals surface area contributed by atoms with Crippen molar-refractivity contribution in [2.45, 2.75) is 31.7 Å². The first-order chi connectivity index (χ1) is 7.32. The molecule has 1 aromatic heterocycles. The Morgan fingerprint density at radius 1 is 1.50 bits per heavy atom. The van der Waals surface area contributed by atoms with Crippen LogP contribution < -0.4 is 0 Å². The van der Waals surface area contributed by atoms with E-state index in [0.29, 0.717) is 16.8 Å². The average Bonchev–Trinajstić information content (AvgIpc) is 2.56. The summed E-state index contributed by atoms with van der Waals surface area (Å²) < 4.78 is 30.7. The summed E-state index contributed by atoms with van der Waals surface area (Å²) in [5.74, 6) is 0.325. The lowest BCUT2D eigenvalue weighted by molar-refractivity contribution is 0.388. The molecule has 0 saturated heterocycles. The molecule has 0 aromatic carbocycles. The summed E-state index contributed by atoms with van der Waals surface area (Å²) in [5.41, 5.74) is 0.395. The van der Waals surface area contributed by atoms with Gasteiger partial charge in [-0.25, -0.2) is 8.42 Å². The maximum Gasteiger partial charge on any atom is 0.248 e. The summed E-state index contributed by atoms with van der Waals surface area (Å²) in [4.78, 5) is 0.169. The molecule has 1 rings (SSSR count). The number of hydrogen-bond acceptors (Lipinski definition) is 4. The van der Waals surface area contributed by atoms with Gasteiger partial charge in [-0.2, -0.15) is 4.31 Å². The van der Waals surface area contributed by atoms with Gasteiger partial charge in [0.25, 0.3) is 0 Å². The molecule has 1 aromatic rings. The summed E-state index contributed by atoms with van der Waals surface area (Å²) in [6, 6.07) is -0.126. The van der Waals surface area contributed by atoms with Gasteiger partial charge in [0.15, 0.2) is 5.76 Å². The van der Waals surface area contributed by atoms with Gasteiger partial charge >= 0.3 is 0 Å². The largest absolute Gasteiger partial charge is 0.360 e. The second-order valence-electron chi connectivity index (χ2n) is 3.68. The zero-order valence-corrected chi connectivity index (χ0v) is 12.1. The number of aromatic nitrogens is 1. The molecule has 0 saturated carbocycles. The molecule has 92 valence electrons. The fourth-order valence-electron chi connectivity index (χ4n) is 1.32. The smallest absolute Gasteiger partial charge is 0.248 e. The number of rotatable bonds is 4. The molecule has 5 nitrogen and oxygen atoms in total. The van der Waals surface area contributed by atoms with Crippen LogP contribution in [0.25, 0.3) is 0 Å². The summed E-state index contributed by atoms with van der Waals surface area (Å²) in [6.07, 6.45) is 0. The zero-order valence-electron chi connectivity index (χ0n) is 9.69. The van der Waals surface area contributed by atoms with Crippen molar-refractivity contribution in [3.8, 4) is 0 Å². The number of aryl methyl sites for hydroxylation is 2. The van der Waals surface area contributed by atoms with E-state index in [-0.39, 0.29) is 10.9 Å². The molecule has 7 heteroatoms. The fourth-order valence-corrected chi connectivity index (χ4v) is 3.59. The van der Waals surface area contributed by atoms with Gasteiger partial charge in [-0.15, -0.1) is 0 Å². The van der Waals surface area contributed by atoms with E-state index >= 15 is 0 Å². The number of alkyl halides is 1. The molecule has 0 aliphatic rings. The summed E-state index contributed by atoms with van der Waals surface area (Å²) >= 11 is 3.26. The Balaban J connectivity index is 3.22. The highest BCUT2D eigenvalue weighted by Crippen LogP contribution is 2.23. The first-order valence-electron chi connectivity index (χ1n) is 4.79. The van der Waals surface area contributed by atoms with Crippen LogP contribution in [-0.4, -0.2) is 36.3 Å². The first kappa shape index (κ1) is 13.7. The number of halogens is 1. The summed E-state index contributed by atoms with van der Waals surface area (Å²) in [5, 5.41) is 4.23. The standard InChI is InChI=1S/C9H15BrN2O3S/c1-6(5-10)12(4)16(13,14)9-7(2)11-15-8(9)3/h6H,5H2,1-4H3. The molecular weight excluding hydrogens is 296 g/mol. The Hall–Kier alpha value is -0.400. The molecule has 0 amide bonds. The predicted molar refractivity (Wildman–Crippen MR) is 64.2 cm³/mol. The molecule has 0 fully saturated rings. The van der Waals surface area contributed by atoms with E-state index in [4.69, 9.17) is 4.52 Å². The maximum atomic E-state index is 12.2. The van der Waals surface area contributed by atoms with Crippen molar-refractivity contribution in [3.05, 3.63) is 11.5 Å². The van der Waals surface area contributed by atoms with Crippen LogP contribution in [0.5, 0.6) is 0 Å². The van der Waals surface area contributed by atoms with Gasteiger partial charge < -0.3 is 4.52 Å². The molecule has 0 radical (unpaired) electrons. The minimum Gasteiger partial charge on any atom is -0.360 e. The maximum absolute atomic E-state index is 12.2. The van der Waals surface area contributed by atoms with Gasteiger partial charge in [0.1, 0.15) is 10.6 Å². The van der Waals surface area contributed by atoms with Gasteiger partial charge in [-0.1, -0.05) is 21.1 Å². The third-order valence-corrected chi connectivity index (χ3v) is 5.60. The molecule has 1 unspecified atom stereocenters. The molecule has 0 aliphatic heterocycles. The van der Waals surface area contributed by atoms with E-state index in [1.54, 1.807) is 20.9 Å². The summed E-state index contributed by atoms with van der Waals surface area (Å²) in [6.45, 7) is 5.04. The van der Waals surface area contributed by atoms with E-state index < -0.39 is 10.0 Å². The molecule has 0 N–H and O–H groups in total. The van der Waals surface area contributed by atoms with Crippen LogP contribution in [0.3, 0.4) is 0 Å². The van der Waals surface area contributed by atoms with Gasteiger partial charge in [0.2, 0.25) is 10.0 Å². The average molecular weight is 311 g/mol. The SMILES string of the molecule is Cc1noc(C)c1S(=O)(=O)N(C)C(C)CBr. The summed E-state index contributed by atoms with van der Waals surface area (Å²) in [7, 11) is -1.97. The predicted octanol–water partition coefficient (Wildman–Crippen LogP) is 1.70. The Morgan fingerprint density at radius 3 is 2.44 bits per heavy atom. The van der Waals surface area contributed by atoms with Crippen LogP contribution in [0.2, 0.25) is 0 Å². The highest BCUT2D eigenvalue weighted by Gasteiger charge is 2.30. The highest BCUT2D eigenvalue weighted by molar-refractivity contribution is 9.09. The first-order valence-corrected chi connectivity index (χ1v) is 7.35. The second-order valence-corrected chi connectivity index (χ2v) is 6.26. The second kappa shape index (κ2) is 4.85. The van der Waals surface area contributed by atoms with Crippen LogP contribution in [0.15, 0.2) is 9.42 Å². The molecule has 16 heavy (non-hydrogen) atoms. The van der Waals surface area contributed by atoms with Gasteiger partial charge in [-0.3, -0.25) is 0 Å². The van der Waals surface area contributed by atoms with Crippen LogP contribution in [0.4, 0.5) is 0 Å². The fraction of sp³-hybridized carbons (Fsp3) is 0.667. The van der Waals surface area contributed by atoms with Crippen LogP contribution in [0, 0.1) is 13.8 Å². The minimum atomic E-state index is -3.52. The topological polar surface area (TPSA) is 63.4 Å². The van der Waals surface area contributed by atoms with Gasteiger partial charge in [0.05, 0.1) is 0 Å². The lowest BCUT2D eigenvalue weighted by Gasteiger charge is -2.22. The molecule has 0 aliphatic carbocycles. The minimum absolute atomic E-state index is 0.126. The van der Waals surface area contributed by atoms with E-state index in [1.807, 2.05) is 6.92 Å². The normalized spacial score (nSPS) is 14.4. The zero-order chi connectivity index (χ0) is 12.5. The van der Waals surface area contributed by atoms with E-state index in [9.17, 15) is 8.42 Å². The molecule has 0 spiro atoms. The van der Waals surface area contributed by atoms with Crippen molar-refractivity contribution in [1.29, 1.82) is 0 Å². The number of nitrogens with zero attached hydrogens (tertiary/aromatic N) is 2. The highest BCUT2D eigenvalue weighted by atomic mass is 79.9. The molecule has 1 heterocycles. The van der Waals surface area contributed by atoms with Gasteiger partial charge in [-0.05, 0) is 20.8 Å². The van der Waals surface area contributed by atoms with Crippen molar-refractivity contribution in [3.63, 3.8) is 0 Å². The monoisotopic (exact) mass is 310 g/mol. The Morgan fingerprint density at radius 2 is 2.06 bits per heavy atom. The van der Waals surface area contributed by atoms with Crippen LogP contribution in [0.1, 0.15) is 18.4 Å². The van der Waals surface area contributed by atoms with Crippen molar-refractivity contribution in [1.82, 2.24) is 9.46 Å². The lowest BCUT2D eigenvalue weighted by atomic mass is 10.4. The Kier molecular flexibility index (Phi) is 4.14. The molecule has 0 bridgehead atoms. The number of sulfonamides is 1. The van der Waals surface area contributed by atoms with Crippen LogP contribution >= 0.6 is 15.9 Å².